The number of rotatable bonds is 4. The summed E-state index contributed by atoms with van der Waals surface area (Å²) in [5.41, 5.74) is 2.71. The number of methoxy groups -OCH3 is 2. The molecule has 5 heteroatoms. The minimum Gasteiger partial charge on any atom is -0.497 e. The normalized spacial score (nSPS) is 10.7. The number of hydrogen-bond acceptors (Lipinski definition) is 4. The van der Waals surface area contributed by atoms with Gasteiger partial charge in [0, 0.05) is 12.5 Å². The summed E-state index contributed by atoms with van der Waals surface area (Å²) in [7, 11) is 3.26. The van der Waals surface area contributed by atoms with Crippen LogP contribution < -0.4 is 9.47 Å². The van der Waals surface area contributed by atoms with Crippen molar-refractivity contribution in [2.45, 2.75) is 6.42 Å². The number of ether oxygens (including phenoxy) is 2. The van der Waals surface area contributed by atoms with Crippen molar-refractivity contribution < 1.29 is 9.47 Å². The summed E-state index contributed by atoms with van der Waals surface area (Å²) >= 11 is 0. The van der Waals surface area contributed by atoms with Crippen LogP contribution in [0, 0.1) is 0 Å². The molecule has 1 aromatic carbocycles. The SMILES string of the molecule is COc1cccc(Cc2nc3nc(OC)ccc3[nH]2)c1. The van der Waals surface area contributed by atoms with Crippen LogP contribution in [0.15, 0.2) is 36.4 Å². The molecule has 2 aromatic heterocycles. The molecule has 0 spiro atoms. The fourth-order valence-electron chi connectivity index (χ4n) is 2.10. The Kier molecular flexibility index (Phi) is 3.25. The lowest BCUT2D eigenvalue weighted by Crippen LogP contribution is -1.92. The average molecular weight is 269 g/mol. The number of fused-ring (bicyclic) bond motifs is 1. The van der Waals surface area contributed by atoms with E-state index in [0.717, 1.165) is 22.7 Å². The summed E-state index contributed by atoms with van der Waals surface area (Å²) in [4.78, 5) is 12.0. The first-order valence-electron chi connectivity index (χ1n) is 6.31. The van der Waals surface area contributed by atoms with Crippen molar-refractivity contribution in [2.24, 2.45) is 0 Å². The number of pyridine rings is 1. The molecule has 0 unspecified atom stereocenters. The van der Waals surface area contributed by atoms with Crippen LogP contribution in [0.25, 0.3) is 11.2 Å². The molecule has 0 saturated heterocycles. The van der Waals surface area contributed by atoms with Crippen LogP contribution in [-0.4, -0.2) is 29.2 Å². The van der Waals surface area contributed by atoms with Gasteiger partial charge in [-0.1, -0.05) is 12.1 Å². The van der Waals surface area contributed by atoms with Gasteiger partial charge in [0.25, 0.3) is 0 Å². The monoisotopic (exact) mass is 269 g/mol. The van der Waals surface area contributed by atoms with E-state index in [1.165, 1.54) is 0 Å². The number of H-pyrrole nitrogens is 1. The fraction of sp³-hybridized carbons (Fsp3) is 0.200. The predicted octanol–water partition coefficient (Wildman–Crippen LogP) is 2.57. The van der Waals surface area contributed by atoms with Crippen LogP contribution in [0.5, 0.6) is 11.6 Å². The number of nitrogens with one attached hydrogen (secondary N) is 1. The Morgan fingerprint density at radius 3 is 2.75 bits per heavy atom. The van der Waals surface area contributed by atoms with Gasteiger partial charge < -0.3 is 14.5 Å². The van der Waals surface area contributed by atoms with E-state index < -0.39 is 0 Å². The highest BCUT2D eigenvalue weighted by Gasteiger charge is 2.06. The highest BCUT2D eigenvalue weighted by Crippen LogP contribution is 2.18. The summed E-state index contributed by atoms with van der Waals surface area (Å²) in [5, 5.41) is 0. The van der Waals surface area contributed by atoms with Gasteiger partial charge in [-0.05, 0) is 23.8 Å². The first-order valence-corrected chi connectivity index (χ1v) is 6.31. The molecule has 0 bridgehead atoms. The zero-order valence-electron chi connectivity index (χ0n) is 11.4. The average Bonchev–Trinajstić information content (AvgIpc) is 2.88. The van der Waals surface area contributed by atoms with Crippen molar-refractivity contribution in [1.29, 1.82) is 0 Å². The summed E-state index contributed by atoms with van der Waals surface area (Å²) in [5.74, 6) is 2.28. The van der Waals surface area contributed by atoms with E-state index in [4.69, 9.17) is 9.47 Å². The van der Waals surface area contributed by atoms with Crippen LogP contribution >= 0.6 is 0 Å². The summed E-state index contributed by atoms with van der Waals surface area (Å²) < 4.78 is 10.3. The third kappa shape index (κ3) is 2.42. The number of benzene rings is 1. The highest BCUT2D eigenvalue weighted by atomic mass is 16.5. The van der Waals surface area contributed by atoms with E-state index in [0.29, 0.717) is 17.9 Å². The predicted molar refractivity (Wildman–Crippen MR) is 76.2 cm³/mol. The molecule has 2 heterocycles. The lowest BCUT2D eigenvalue weighted by molar-refractivity contribution is 0.399. The molecule has 1 N–H and O–H groups in total. The van der Waals surface area contributed by atoms with Crippen molar-refractivity contribution in [3.05, 3.63) is 47.8 Å². The van der Waals surface area contributed by atoms with Gasteiger partial charge in [-0.2, -0.15) is 4.98 Å². The van der Waals surface area contributed by atoms with Gasteiger partial charge in [-0.15, -0.1) is 0 Å². The first kappa shape index (κ1) is 12.5. The minimum absolute atomic E-state index is 0.567. The van der Waals surface area contributed by atoms with E-state index >= 15 is 0 Å². The van der Waals surface area contributed by atoms with Crippen molar-refractivity contribution in [2.75, 3.05) is 14.2 Å². The molecule has 102 valence electrons. The molecule has 3 rings (SSSR count). The third-order valence-electron chi connectivity index (χ3n) is 3.08. The molecule has 20 heavy (non-hydrogen) atoms. The quantitative estimate of drug-likeness (QED) is 0.790. The number of aromatic amines is 1. The molecule has 0 aliphatic heterocycles. The second-order valence-corrected chi connectivity index (χ2v) is 4.44. The molecular formula is C15H15N3O2. The van der Waals surface area contributed by atoms with Crippen molar-refractivity contribution in [1.82, 2.24) is 15.0 Å². The van der Waals surface area contributed by atoms with Gasteiger partial charge in [-0.3, -0.25) is 0 Å². The Bertz CT molecular complexity index is 737. The number of imidazole rings is 1. The number of nitrogens with zero attached hydrogens (tertiary/aromatic N) is 2. The van der Waals surface area contributed by atoms with Crippen molar-refractivity contribution >= 4 is 11.2 Å². The van der Waals surface area contributed by atoms with Gasteiger partial charge in [-0.25, -0.2) is 4.98 Å². The molecule has 3 aromatic rings. The van der Waals surface area contributed by atoms with Crippen LogP contribution in [0.2, 0.25) is 0 Å². The molecule has 0 saturated carbocycles. The Morgan fingerprint density at radius 1 is 1.05 bits per heavy atom. The van der Waals surface area contributed by atoms with Crippen molar-refractivity contribution in [3.8, 4) is 11.6 Å². The maximum atomic E-state index is 5.22. The van der Waals surface area contributed by atoms with Gasteiger partial charge in [0.05, 0.1) is 19.7 Å². The van der Waals surface area contributed by atoms with E-state index in [9.17, 15) is 0 Å². The van der Waals surface area contributed by atoms with E-state index in [1.54, 1.807) is 14.2 Å². The molecule has 0 amide bonds. The summed E-state index contributed by atoms with van der Waals surface area (Å²) in [6.45, 7) is 0. The third-order valence-corrected chi connectivity index (χ3v) is 3.08. The number of aromatic nitrogens is 3. The molecule has 0 radical (unpaired) electrons. The van der Waals surface area contributed by atoms with E-state index in [1.807, 2.05) is 36.4 Å². The van der Waals surface area contributed by atoms with Crippen LogP contribution in [-0.2, 0) is 6.42 Å². The van der Waals surface area contributed by atoms with Gasteiger partial charge in [0.1, 0.15) is 11.6 Å². The highest BCUT2D eigenvalue weighted by molar-refractivity contribution is 5.71. The smallest absolute Gasteiger partial charge is 0.215 e. The Labute approximate surface area is 116 Å². The second-order valence-electron chi connectivity index (χ2n) is 4.44. The van der Waals surface area contributed by atoms with Gasteiger partial charge >= 0.3 is 0 Å². The Hall–Kier alpha value is -2.56. The molecule has 0 atom stereocenters. The maximum absolute atomic E-state index is 5.22. The maximum Gasteiger partial charge on any atom is 0.215 e. The van der Waals surface area contributed by atoms with E-state index in [2.05, 4.69) is 15.0 Å². The number of hydrogen-bond donors (Lipinski definition) is 1. The van der Waals surface area contributed by atoms with E-state index in [-0.39, 0.29) is 0 Å². The molecular weight excluding hydrogens is 254 g/mol. The summed E-state index contributed by atoms with van der Waals surface area (Å²) in [6.07, 6.45) is 0.704. The Balaban J connectivity index is 1.90. The van der Waals surface area contributed by atoms with Crippen LogP contribution in [0.4, 0.5) is 0 Å². The lowest BCUT2D eigenvalue weighted by Gasteiger charge is -2.02. The molecule has 0 aliphatic rings. The molecule has 0 fully saturated rings. The topological polar surface area (TPSA) is 60.0 Å². The standard InChI is InChI=1S/C15H15N3O2/c1-19-11-5-3-4-10(8-11)9-13-16-12-6-7-14(20-2)18-15(12)17-13/h3-8H,9H2,1-2H3,(H,16,17,18). The first-order chi connectivity index (χ1) is 9.78. The zero-order chi connectivity index (χ0) is 13.9. The summed E-state index contributed by atoms with van der Waals surface area (Å²) in [6, 6.07) is 11.7. The lowest BCUT2D eigenvalue weighted by atomic mass is 10.1. The zero-order valence-corrected chi connectivity index (χ0v) is 11.4. The van der Waals surface area contributed by atoms with Gasteiger partial charge in [0.2, 0.25) is 5.88 Å². The fourth-order valence-corrected chi connectivity index (χ4v) is 2.10. The minimum atomic E-state index is 0.567. The Morgan fingerprint density at radius 2 is 1.95 bits per heavy atom. The van der Waals surface area contributed by atoms with Gasteiger partial charge in [0.15, 0.2) is 5.65 Å². The molecule has 0 aliphatic carbocycles. The molecule has 5 nitrogen and oxygen atoms in total. The van der Waals surface area contributed by atoms with Crippen LogP contribution in [0.1, 0.15) is 11.4 Å². The second kappa shape index (κ2) is 5.21. The largest absolute Gasteiger partial charge is 0.497 e. The van der Waals surface area contributed by atoms with Crippen LogP contribution in [0.3, 0.4) is 0 Å². The van der Waals surface area contributed by atoms with Crippen molar-refractivity contribution in [3.63, 3.8) is 0 Å².